The third-order valence-electron chi connectivity index (χ3n) is 3.51. The molecule has 1 aromatic carbocycles. The highest BCUT2D eigenvalue weighted by Crippen LogP contribution is 2.34. The second-order valence-corrected chi connectivity index (χ2v) is 5.27. The molecule has 0 aliphatic heterocycles. The molecule has 0 spiro atoms. The highest BCUT2D eigenvalue weighted by molar-refractivity contribution is 6.32. The molecule has 1 fully saturated rings. The zero-order valence-corrected chi connectivity index (χ0v) is 11.3. The molecule has 1 aliphatic rings. The molecule has 19 heavy (non-hydrogen) atoms. The van der Waals surface area contributed by atoms with Crippen LogP contribution in [0.25, 0.3) is 11.1 Å². The summed E-state index contributed by atoms with van der Waals surface area (Å²) in [6.07, 6.45) is 6.72. The molecule has 100 valence electrons. The predicted octanol–water partition coefficient (Wildman–Crippen LogP) is 3.63. The first-order chi connectivity index (χ1) is 9.24. The largest absolute Gasteiger partial charge is 0.489 e. The SMILES string of the molecule is Nc1[nH]ncc1-c1ccc(OC2CCCC2)c(Cl)c1. The summed E-state index contributed by atoms with van der Waals surface area (Å²) in [4.78, 5) is 0. The standard InChI is InChI=1S/C14H16ClN3O/c15-12-7-9(11-8-17-18-14(11)16)5-6-13(12)19-10-3-1-2-4-10/h5-8,10H,1-4H2,(H3,16,17,18). The van der Waals surface area contributed by atoms with E-state index in [1.54, 1.807) is 6.20 Å². The van der Waals surface area contributed by atoms with Crippen LogP contribution in [0.2, 0.25) is 5.02 Å². The van der Waals surface area contributed by atoms with E-state index >= 15 is 0 Å². The summed E-state index contributed by atoms with van der Waals surface area (Å²) in [5.41, 5.74) is 7.60. The number of aromatic nitrogens is 2. The van der Waals surface area contributed by atoms with Crippen LogP contribution in [0, 0.1) is 0 Å². The van der Waals surface area contributed by atoms with Gasteiger partial charge in [0.05, 0.1) is 17.3 Å². The lowest BCUT2D eigenvalue weighted by Gasteiger charge is -2.14. The van der Waals surface area contributed by atoms with E-state index < -0.39 is 0 Å². The average molecular weight is 278 g/mol. The number of nitrogens with one attached hydrogen (secondary N) is 1. The number of rotatable bonds is 3. The number of aromatic amines is 1. The topological polar surface area (TPSA) is 63.9 Å². The van der Waals surface area contributed by atoms with Gasteiger partial charge in [-0.05, 0) is 43.4 Å². The van der Waals surface area contributed by atoms with Crippen LogP contribution >= 0.6 is 11.6 Å². The van der Waals surface area contributed by atoms with Crippen LogP contribution in [0.1, 0.15) is 25.7 Å². The van der Waals surface area contributed by atoms with E-state index in [-0.39, 0.29) is 0 Å². The fourth-order valence-electron chi connectivity index (χ4n) is 2.48. The minimum absolute atomic E-state index is 0.308. The first-order valence-electron chi connectivity index (χ1n) is 6.49. The second kappa shape index (κ2) is 5.13. The molecule has 1 heterocycles. The van der Waals surface area contributed by atoms with Crippen molar-refractivity contribution in [1.29, 1.82) is 0 Å². The summed E-state index contributed by atoms with van der Waals surface area (Å²) < 4.78 is 5.92. The van der Waals surface area contributed by atoms with Gasteiger partial charge in [0.15, 0.2) is 0 Å². The normalized spacial score (nSPS) is 15.8. The molecule has 0 saturated heterocycles. The van der Waals surface area contributed by atoms with Crippen LogP contribution in [0.3, 0.4) is 0 Å². The van der Waals surface area contributed by atoms with E-state index in [1.807, 2.05) is 18.2 Å². The molecule has 0 atom stereocenters. The van der Waals surface area contributed by atoms with Crippen molar-refractivity contribution in [3.05, 3.63) is 29.4 Å². The van der Waals surface area contributed by atoms with E-state index in [0.29, 0.717) is 16.9 Å². The molecule has 0 radical (unpaired) electrons. The maximum Gasteiger partial charge on any atom is 0.138 e. The molecular formula is C14H16ClN3O. The monoisotopic (exact) mass is 277 g/mol. The van der Waals surface area contributed by atoms with Gasteiger partial charge in [-0.1, -0.05) is 17.7 Å². The Bertz CT molecular complexity index is 576. The van der Waals surface area contributed by atoms with Crippen molar-refractivity contribution >= 4 is 17.4 Å². The number of H-pyrrole nitrogens is 1. The summed E-state index contributed by atoms with van der Waals surface area (Å²) in [5, 5.41) is 7.24. The van der Waals surface area contributed by atoms with Gasteiger partial charge in [-0.15, -0.1) is 0 Å². The van der Waals surface area contributed by atoms with Crippen LogP contribution in [0.5, 0.6) is 5.75 Å². The predicted molar refractivity (Wildman–Crippen MR) is 76.3 cm³/mol. The van der Waals surface area contributed by atoms with Crippen molar-refractivity contribution in [2.45, 2.75) is 31.8 Å². The lowest BCUT2D eigenvalue weighted by Crippen LogP contribution is -2.11. The van der Waals surface area contributed by atoms with Crippen LogP contribution in [0.4, 0.5) is 5.82 Å². The van der Waals surface area contributed by atoms with Gasteiger partial charge in [0.2, 0.25) is 0 Å². The number of benzene rings is 1. The second-order valence-electron chi connectivity index (χ2n) is 4.87. The average Bonchev–Trinajstić information content (AvgIpc) is 3.03. The first kappa shape index (κ1) is 12.4. The van der Waals surface area contributed by atoms with Crippen molar-refractivity contribution in [1.82, 2.24) is 10.2 Å². The number of ether oxygens (including phenoxy) is 1. The zero-order valence-electron chi connectivity index (χ0n) is 10.5. The number of nitrogens with two attached hydrogens (primary N) is 1. The van der Waals surface area contributed by atoms with E-state index in [1.165, 1.54) is 12.8 Å². The van der Waals surface area contributed by atoms with Crippen molar-refractivity contribution in [3.63, 3.8) is 0 Å². The number of anilines is 1. The van der Waals surface area contributed by atoms with Gasteiger partial charge < -0.3 is 10.5 Å². The third-order valence-corrected chi connectivity index (χ3v) is 3.80. The maximum absolute atomic E-state index is 6.28. The maximum atomic E-state index is 6.28. The third kappa shape index (κ3) is 2.54. The smallest absolute Gasteiger partial charge is 0.138 e. The molecule has 1 aromatic heterocycles. The number of halogens is 1. The Morgan fingerprint density at radius 3 is 2.74 bits per heavy atom. The van der Waals surface area contributed by atoms with Gasteiger partial charge in [-0.3, -0.25) is 5.10 Å². The lowest BCUT2D eigenvalue weighted by molar-refractivity contribution is 0.210. The molecular weight excluding hydrogens is 262 g/mol. The number of hydrogen-bond donors (Lipinski definition) is 2. The fourth-order valence-corrected chi connectivity index (χ4v) is 2.70. The van der Waals surface area contributed by atoms with Crippen molar-refractivity contribution in [3.8, 4) is 16.9 Å². The lowest BCUT2D eigenvalue weighted by atomic mass is 10.1. The van der Waals surface area contributed by atoms with Gasteiger partial charge in [0, 0.05) is 5.56 Å². The van der Waals surface area contributed by atoms with Gasteiger partial charge in [0.1, 0.15) is 11.6 Å². The first-order valence-corrected chi connectivity index (χ1v) is 6.87. The van der Waals surface area contributed by atoms with Crippen LogP contribution in [-0.2, 0) is 0 Å². The Hall–Kier alpha value is -1.68. The van der Waals surface area contributed by atoms with Crippen LogP contribution in [0.15, 0.2) is 24.4 Å². The Morgan fingerprint density at radius 2 is 2.11 bits per heavy atom. The van der Waals surface area contributed by atoms with Crippen LogP contribution < -0.4 is 10.5 Å². The van der Waals surface area contributed by atoms with Gasteiger partial charge in [0.25, 0.3) is 0 Å². The molecule has 1 aliphatic carbocycles. The molecule has 2 aromatic rings. The molecule has 0 amide bonds. The molecule has 3 rings (SSSR count). The Labute approximate surface area is 116 Å². The Morgan fingerprint density at radius 1 is 1.32 bits per heavy atom. The zero-order chi connectivity index (χ0) is 13.2. The highest BCUT2D eigenvalue weighted by atomic mass is 35.5. The summed E-state index contributed by atoms with van der Waals surface area (Å²) in [7, 11) is 0. The van der Waals surface area contributed by atoms with E-state index in [9.17, 15) is 0 Å². The van der Waals surface area contributed by atoms with Crippen molar-refractivity contribution < 1.29 is 4.74 Å². The van der Waals surface area contributed by atoms with Gasteiger partial charge >= 0.3 is 0 Å². The van der Waals surface area contributed by atoms with Gasteiger partial charge in [-0.25, -0.2) is 0 Å². The minimum atomic E-state index is 0.308. The molecule has 4 nitrogen and oxygen atoms in total. The quantitative estimate of drug-likeness (QED) is 0.900. The Balaban J connectivity index is 1.83. The number of hydrogen-bond acceptors (Lipinski definition) is 3. The highest BCUT2D eigenvalue weighted by Gasteiger charge is 2.18. The summed E-state index contributed by atoms with van der Waals surface area (Å²) in [5.74, 6) is 1.29. The number of nitrogen functional groups attached to an aromatic ring is 1. The summed E-state index contributed by atoms with van der Waals surface area (Å²) in [6.45, 7) is 0. The van der Waals surface area contributed by atoms with Crippen LogP contribution in [-0.4, -0.2) is 16.3 Å². The Kier molecular flexibility index (Phi) is 3.34. The number of nitrogens with zero attached hydrogens (tertiary/aromatic N) is 1. The molecule has 0 unspecified atom stereocenters. The summed E-state index contributed by atoms with van der Waals surface area (Å²) in [6, 6.07) is 5.73. The molecule has 3 N–H and O–H groups in total. The van der Waals surface area contributed by atoms with Gasteiger partial charge in [-0.2, -0.15) is 5.10 Å². The van der Waals surface area contributed by atoms with Crippen molar-refractivity contribution in [2.75, 3.05) is 5.73 Å². The fraction of sp³-hybridized carbons (Fsp3) is 0.357. The molecule has 5 heteroatoms. The molecule has 0 bridgehead atoms. The van der Waals surface area contributed by atoms with E-state index in [4.69, 9.17) is 22.1 Å². The van der Waals surface area contributed by atoms with E-state index in [0.717, 1.165) is 29.7 Å². The van der Waals surface area contributed by atoms with E-state index in [2.05, 4.69) is 10.2 Å². The van der Waals surface area contributed by atoms with Crippen molar-refractivity contribution in [2.24, 2.45) is 0 Å². The summed E-state index contributed by atoms with van der Waals surface area (Å²) >= 11 is 6.28. The molecule has 1 saturated carbocycles. The minimum Gasteiger partial charge on any atom is -0.489 e.